The third-order valence-electron chi connectivity index (χ3n) is 1.97. The lowest BCUT2D eigenvalue weighted by molar-refractivity contribution is -0.117. The maximum atomic E-state index is 11.4. The number of hydrogen-bond acceptors (Lipinski definition) is 3. The van der Waals surface area contributed by atoms with E-state index in [1.807, 2.05) is 0 Å². The summed E-state index contributed by atoms with van der Waals surface area (Å²) in [7, 11) is 0. The Kier molecular flexibility index (Phi) is 2.56. The first-order chi connectivity index (χ1) is 6.66. The number of aromatic nitrogens is 2. The van der Waals surface area contributed by atoms with E-state index in [0.717, 1.165) is 0 Å². The van der Waals surface area contributed by atoms with E-state index in [1.165, 1.54) is 11.1 Å². The highest BCUT2D eigenvalue weighted by molar-refractivity contribution is 6.28. The Hall–Kier alpha value is -0.870. The van der Waals surface area contributed by atoms with E-state index in [2.05, 4.69) is 9.97 Å². The van der Waals surface area contributed by atoms with Crippen molar-refractivity contribution in [3.8, 4) is 0 Å². The van der Waals surface area contributed by atoms with Crippen LogP contribution in [-0.4, -0.2) is 27.8 Å². The molecule has 1 aliphatic heterocycles. The molecular weight excluding hydrogens is 225 g/mol. The number of halogens is 2. The lowest BCUT2D eigenvalue weighted by atomic mass is 10.4. The molecule has 0 aliphatic carbocycles. The van der Waals surface area contributed by atoms with Crippen LogP contribution >= 0.6 is 23.2 Å². The minimum atomic E-state index is -0.142. The second-order valence-corrected chi connectivity index (χ2v) is 3.94. The zero-order chi connectivity index (χ0) is 10.1. The lowest BCUT2D eigenvalue weighted by Crippen LogP contribution is -2.25. The summed E-state index contributed by atoms with van der Waals surface area (Å²) in [6, 6.07) is 1.64. The van der Waals surface area contributed by atoms with Crippen LogP contribution in [0.2, 0.25) is 5.28 Å². The van der Waals surface area contributed by atoms with Crippen LogP contribution in [-0.2, 0) is 4.79 Å². The van der Waals surface area contributed by atoms with Crippen molar-refractivity contribution in [3.05, 3.63) is 17.5 Å². The van der Waals surface area contributed by atoms with Crippen LogP contribution < -0.4 is 4.90 Å². The summed E-state index contributed by atoms with van der Waals surface area (Å²) in [5.41, 5.74) is 0. The molecule has 1 atom stereocenters. The van der Waals surface area contributed by atoms with Crippen LogP contribution in [0.4, 0.5) is 5.82 Å². The Morgan fingerprint density at radius 3 is 2.93 bits per heavy atom. The van der Waals surface area contributed by atoms with Gasteiger partial charge < -0.3 is 0 Å². The maximum Gasteiger partial charge on any atom is 0.229 e. The molecule has 1 unspecified atom stereocenters. The van der Waals surface area contributed by atoms with Gasteiger partial charge in [0.15, 0.2) is 0 Å². The van der Waals surface area contributed by atoms with Gasteiger partial charge in [0.05, 0.1) is 5.38 Å². The lowest BCUT2D eigenvalue weighted by Gasteiger charge is -2.13. The molecule has 14 heavy (non-hydrogen) atoms. The highest BCUT2D eigenvalue weighted by Crippen LogP contribution is 2.22. The number of carbonyl (C=O) groups excluding carboxylic acids is 1. The number of rotatable bonds is 1. The standard InChI is InChI=1S/C8H7Cl2N3O/c9-5-3-7(14)13(4-5)6-1-2-11-8(10)12-6/h1-2,5H,3-4H2. The molecule has 0 spiro atoms. The maximum absolute atomic E-state index is 11.4. The molecule has 2 heterocycles. The van der Waals surface area contributed by atoms with Gasteiger partial charge in [0.1, 0.15) is 5.82 Å². The normalized spacial score (nSPS) is 21.7. The molecule has 0 N–H and O–H groups in total. The molecule has 6 heteroatoms. The Labute approximate surface area is 90.9 Å². The van der Waals surface area contributed by atoms with Crippen molar-refractivity contribution in [2.45, 2.75) is 11.8 Å². The van der Waals surface area contributed by atoms with Gasteiger partial charge >= 0.3 is 0 Å². The fraction of sp³-hybridized carbons (Fsp3) is 0.375. The van der Waals surface area contributed by atoms with Gasteiger partial charge in [-0.25, -0.2) is 9.97 Å². The quantitative estimate of drug-likeness (QED) is 0.544. The molecule has 0 bridgehead atoms. The number of alkyl halides is 1. The van der Waals surface area contributed by atoms with Gasteiger partial charge in [0.25, 0.3) is 0 Å². The zero-order valence-electron chi connectivity index (χ0n) is 7.15. The van der Waals surface area contributed by atoms with E-state index in [4.69, 9.17) is 23.2 Å². The molecule has 0 aromatic carbocycles. The van der Waals surface area contributed by atoms with Crippen molar-refractivity contribution >= 4 is 34.9 Å². The highest BCUT2D eigenvalue weighted by atomic mass is 35.5. The second kappa shape index (κ2) is 3.71. The summed E-state index contributed by atoms with van der Waals surface area (Å²) in [5, 5.41) is -0.00966. The second-order valence-electron chi connectivity index (χ2n) is 2.99. The van der Waals surface area contributed by atoms with E-state index in [1.54, 1.807) is 6.07 Å². The summed E-state index contributed by atoms with van der Waals surface area (Å²) in [6.45, 7) is 0.480. The predicted octanol–water partition coefficient (Wildman–Crippen LogP) is 1.47. The fourth-order valence-corrected chi connectivity index (χ4v) is 1.77. The van der Waals surface area contributed by atoms with Crippen molar-refractivity contribution in [2.75, 3.05) is 11.4 Å². The smallest absolute Gasteiger partial charge is 0.229 e. The first kappa shape index (κ1) is 9.68. The van der Waals surface area contributed by atoms with Gasteiger partial charge in [-0.2, -0.15) is 0 Å². The molecule has 1 fully saturated rings. The highest BCUT2D eigenvalue weighted by Gasteiger charge is 2.29. The van der Waals surface area contributed by atoms with E-state index in [-0.39, 0.29) is 16.6 Å². The van der Waals surface area contributed by atoms with Crippen LogP contribution in [0.3, 0.4) is 0 Å². The molecule has 1 aromatic heterocycles. The van der Waals surface area contributed by atoms with Crippen LogP contribution in [0.1, 0.15) is 6.42 Å². The first-order valence-corrected chi connectivity index (χ1v) is 4.91. The van der Waals surface area contributed by atoms with Gasteiger partial charge in [-0.15, -0.1) is 11.6 Å². The van der Waals surface area contributed by atoms with Crippen LogP contribution in [0.15, 0.2) is 12.3 Å². The molecule has 1 aromatic rings. The van der Waals surface area contributed by atoms with Crippen molar-refractivity contribution in [2.24, 2.45) is 0 Å². The number of anilines is 1. The topological polar surface area (TPSA) is 46.1 Å². The Morgan fingerprint density at radius 1 is 1.57 bits per heavy atom. The Bertz CT molecular complexity index is 371. The summed E-state index contributed by atoms with van der Waals surface area (Å²) >= 11 is 11.5. The van der Waals surface area contributed by atoms with Crippen molar-refractivity contribution in [1.29, 1.82) is 0 Å². The van der Waals surface area contributed by atoms with Gasteiger partial charge in [-0.3, -0.25) is 9.69 Å². The molecule has 1 saturated heterocycles. The number of nitrogens with zero attached hydrogens (tertiary/aromatic N) is 3. The molecular formula is C8H7Cl2N3O. The van der Waals surface area contributed by atoms with Crippen molar-refractivity contribution < 1.29 is 4.79 Å². The van der Waals surface area contributed by atoms with Crippen molar-refractivity contribution in [1.82, 2.24) is 9.97 Å². The minimum absolute atomic E-state index is 0.0280. The summed E-state index contributed by atoms with van der Waals surface area (Å²) in [5.74, 6) is 0.484. The summed E-state index contributed by atoms with van der Waals surface area (Å²) in [4.78, 5) is 20.6. The van der Waals surface area contributed by atoms with E-state index in [0.29, 0.717) is 18.8 Å². The van der Waals surface area contributed by atoms with E-state index in [9.17, 15) is 4.79 Å². The Balaban J connectivity index is 2.27. The molecule has 1 amide bonds. The van der Waals surface area contributed by atoms with Crippen LogP contribution in [0.25, 0.3) is 0 Å². The van der Waals surface area contributed by atoms with Crippen LogP contribution in [0, 0.1) is 0 Å². The molecule has 4 nitrogen and oxygen atoms in total. The number of carbonyl (C=O) groups is 1. The van der Waals surface area contributed by atoms with Gasteiger partial charge in [-0.1, -0.05) is 0 Å². The molecule has 1 aliphatic rings. The third kappa shape index (κ3) is 1.81. The fourth-order valence-electron chi connectivity index (χ4n) is 1.36. The van der Waals surface area contributed by atoms with E-state index < -0.39 is 0 Å². The zero-order valence-corrected chi connectivity index (χ0v) is 8.66. The molecule has 0 radical (unpaired) electrons. The SMILES string of the molecule is O=C1CC(Cl)CN1c1ccnc(Cl)n1. The average Bonchev–Trinajstić information content (AvgIpc) is 2.45. The third-order valence-corrected chi connectivity index (χ3v) is 2.44. The monoisotopic (exact) mass is 231 g/mol. The number of hydrogen-bond donors (Lipinski definition) is 0. The largest absolute Gasteiger partial charge is 0.295 e. The van der Waals surface area contributed by atoms with Gasteiger partial charge in [0.2, 0.25) is 11.2 Å². The molecule has 74 valence electrons. The minimum Gasteiger partial charge on any atom is -0.295 e. The van der Waals surface area contributed by atoms with Crippen molar-refractivity contribution in [3.63, 3.8) is 0 Å². The molecule has 2 rings (SSSR count). The van der Waals surface area contributed by atoms with Gasteiger partial charge in [0, 0.05) is 19.2 Å². The van der Waals surface area contributed by atoms with E-state index >= 15 is 0 Å². The summed E-state index contributed by atoms with van der Waals surface area (Å²) < 4.78 is 0. The Morgan fingerprint density at radius 2 is 2.36 bits per heavy atom. The predicted molar refractivity (Wildman–Crippen MR) is 53.7 cm³/mol. The van der Waals surface area contributed by atoms with Gasteiger partial charge in [-0.05, 0) is 17.7 Å². The number of amides is 1. The summed E-state index contributed by atoms with van der Waals surface area (Å²) in [6.07, 6.45) is 1.86. The molecule has 0 saturated carbocycles. The van der Waals surface area contributed by atoms with Crippen LogP contribution in [0.5, 0.6) is 0 Å². The first-order valence-electron chi connectivity index (χ1n) is 4.10. The average molecular weight is 232 g/mol.